The highest BCUT2D eigenvalue weighted by Gasteiger charge is 2.32. The molecule has 0 N–H and O–H groups in total. The van der Waals surface area contributed by atoms with Gasteiger partial charge in [-0.25, -0.2) is 0 Å². The van der Waals surface area contributed by atoms with Gasteiger partial charge in [-0.1, -0.05) is 22.6 Å². The number of carbonyl (C=O) groups excluding carboxylic acids is 1. The number of fused-ring (bicyclic) bond motifs is 1. The fraction of sp³-hybridized carbons (Fsp3) is 0.900. The van der Waals surface area contributed by atoms with Crippen LogP contribution in [0.4, 0.5) is 0 Å². The summed E-state index contributed by atoms with van der Waals surface area (Å²) < 4.78 is 1.10. The van der Waals surface area contributed by atoms with Crippen molar-refractivity contribution in [3.63, 3.8) is 0 Å². The van der Waals surface area contributed by atoms with E-state index in [2.05, 4.69) is 32.4 Å². The summed E-state index contributed by atoms with van der Waals surface area (Å²) in [5.41, 5.74) is 0. The Kier molecular flexibility index (Phi) is 3.84. The zero-order chi connectivity index (χ0) is 10.8. The highest BCUT2D eigenvalue weighted by Crippen LogP contribution is 2.16. The van der Waals surface area contributed by atoms with Crippen LogP contribution in [0, 0.1) is 0 Å². The molecule has 0 bridgehead atoms. The fourth-order valence-electron chi connectivity index (χ4n) is 2.41. The van der Waals surface area contributed by atoms with Crippen molar-refractivity contribution in [2.24, 2.45) is 0 Å². The molecule has 1 atom stereocenters. The third-order valence-corrected chi connectivity index (χ3v) is 4.36. The van der Waals surface area contributed by atoms with Crippen LogP contribution in [0.5, 0.6) is 0 Å². The Balaban J connectivity index is 1.94. The van der Waals surface area contributed by atoms with Gasteiger partial charge in [-0.3, -0.25) is 14.6 Å². The van der Waals surface area contributed by atoms with Gasteiger partial charge >= 0.3 is 0 Å². The van der Waals surface area contributed by atoms with Crippen molar-refractivity contribution in [3.05, 3.63) is 0 Å². The van der Waals surface area contributed by atoms with Gasteiger partial charge in [0.2, 0.25) is 5.91 Å². The molecule has 2 aliphatic rings. The van der Waals surface area contributed by atoms with E-state index in [1.807, 2.05) is 4.90 Å². The summed E-state index contributed by atoms with van der Waals surface area (Å²) in [7, 11) is 0. The minimum absolute atomic E-state index is 0.223. The number of hydrogen-bond acceptors (Lipinski definition) is 3. The van der Waals surface area contributed by atoms with Crippen LogP contribution in [-0.2, 0) is 4.79 Å². The number of hydrogen-bond donors (Lipinski definition) is 0. The molecule has 0 radical (unpaired) electrons. The van der Waals surface area contributed by atoms with Gasteiger partial charge in [0, 0.05) is 52.2 Å². The minimum Gasteiger partial charge on any atom is -0.340 e. The minimum atomic E-state index is 0.223. The maximum absolute atomic E-state index is 11.3. The molecule has 2 heterocycles. The molecule has 1 amide bonds. The highest BCUT2D eigenvalue weighted by molar-refractivity contribution is 14.1. The molecule has 0 spiro atoms. The lowest BCUT2D eigenvalue weighted by Gasteiger charge is -2.46. The van der Waals surface area contributed by atoms with Gasteiger partial charge in [0.25, 0.3) is 0 Å². The van der Waals surface area contributed by atoms with Crippen LogP contribution in [0.3, 0.4) is 0 Å². The lowest BCUT2D eigenvalue weighted by Crippen LogP contribution is -2.62. The standard InChI is InChI=1S/C10H18IN3O/c1-9(15)14-5-4-13-3-2-12(8-11)6-10(13)7-14/h10H,2-8H2,1H3. The smallest absolute Gasteiger partial charge is 0.219 e. The molecule has 0 aromatic carbocycles. The third kappa shape index (κ3) is 2.62. The maximum Gasteiger partial charge on any atom is 0.219 e. The molecule has 4 nitrogen and oxygen atoms in total. The van der Waals surface area contributed by atoms with Crippen molar-refractivity contribution in [2.75, 3.05) is 43.8 Å². The molecule has 2 saturated heterocycles. The maximum atomic E-state index is 11.3. The summed E-state index contributed by atoms with van der Waals surface area (Å²) in [5.74, 6) is 0.223. The molecule has 86 valence electrons. The van der Waals surface area contributed by atoms with E-state index in [9.17, 15) is 4.79 Å². The second-order valence-corrected chi connectivity index (χ2v) is 5.03. The molecule has 0 aliphatic carbocycles. The number of nitrogens with zero attached hydrogens (tertiary/aromatic N) is 3. The Morgan fingerprint density at radius 1 is 1.27 bits per heavy atom. The normalized spacial score (nSPS) is 28.9. The predicted molar refractivity (Wildman–Crippen MR) is 68.1 cm³/mol. The quantitative estimate of drug-likeness (QED) is 0.393. The third-order valence-electron chi connectivity index (χ3n) is 3.39. The Labute approximate surface area is 105 Å². The largest absolute Gasteiger partial charge is 0.340 e. The van der Waals surface area contributed by atoms with Crippen molar-refractivity contribution in [2.45, 2.75) is 13.0 Å². The Morgan fingerprint density at radius 3 is 2.67 bits per heavy atom. The number of carbonyl (C=O) groups is 1. The first kappa shape index (κ1) is 11.6. The molecular formula is C10H18IN3O. The molecule has 2 rings (SSSR count). The predicted octanol–water partition coefficient (Wildman–Crippen LogP) is 0.227. The summed E-state index contributed by atoms with van der Waals surface area (Å²) in [6, 6.07) is 0.561. The molecule has 1 unspecified atom stereocenters. The molecule has 2 fully saturated rings. The summed E-state index contributed by atoms with van der Waals surface area (Å²) in [6.45, 7) is 8.03. The lowest BCUT2D eigenvalue weighted by molar-refractivity contribution is -0.132. The zero-order valence-corrected chi connectivity index (χ0v) is 11.3. The van der Waals surface area contributed by atoms with E-state index in [1.54, 1.807) is 6.92 Å². The van der Waals surface area contributed by atoms with Crippen molar-refractivity contribution >= 4 is 28.5 Å². The van der Waals surface area contributed by atoms with E-state index in [-0.39, 0.29) is 5.91 Å². The molecule has 0 aromatic heterocycles. The van der Waals surface area contributed by atoms with Crippen LogP contribution in [0.15, 0.2) is 0 Å². The Hall–Kier alpha value is 0.120. The second kappa shape index (κ2) is 4.97. The van der Waals surface area contributed by atoms with Crippen LogP contribution in [0.1, 0.15) is 6.92 Å². The zero-order valence-electron chi connectivity index (χ0n) is 9.15. The molecule has 5 heteroatoms. The highest BCUT2D eigenvalue weighted by atomic mass is 127. The van der Waals surface area contributed by atoms with Crippen LogP contribution in [0.25, 0.3) is 0 Å². The van der Waals surface area contributed by atoms with Crippen molar-refractivity contribution in [1.29, 1.82) is 0 Å². The fourth-order valence-corrected chi connectivity index (χ4v) is 3.03. The van der Waals surface area contributed by atoms with Crippen molar-refractivity contribution in [3.8, 4) is 0 Å². The molecule has 15 heavy (non-hydrogen) atoms. The van der Waals surface area contributed by atoms with Crippen LogP contribution < -0.4 is 0 Å². The monoisotopic (exact) mass is 323 g/mol. The van der Waals surface area contributed by atoms with Crippen LogP contribution >= 0.6 is 22.6 Å². The first-order valence-electron chi connectivity index (χ1n) is 5.48. The SMILES string of the molecule is CC(=O)N1CCN2CCN(CI)CC2C1. The van der Waals surface area contributed by atoms with Crippen molar-refractivity contribution in [1.82, 2.24) is 14.7 Å². The van der Waals surface area contributed by atoms with Gasteiger partial charge in [0.15, 0.2) is 0 Å². The summed E-state index contributed by atoms with van der Waals surface area (Å²) in [6.07, 6.45) is 0. The average Bonchev–Trinajstić information content (AvgIpc) is 2.27. The van der Waals surface area contributed by atoms with E-state index in [0.717, 1.165) is 30.7 Å². The molecule has 0 saturated carbocycles. The molecular weight excluding hydrogens is 305 g/mol. The van der Waals surface area contributed by atoms with Gasteiger partial charge in [-0.2, -0.15) is 0 Å². The first-order valence-corrected chi connectivity index (χ1v) is 7.01. The van der Waals surface area contributed by atoms with Gasteiger partial charge in [0.1, 0.15) is 0 Å². The summed E-state index contributed by atoms with van der Waals surface area (Å²) in [5, 5.41) is 0. The number of alkyl halides is 1. The number of halogens is 1. The van der Waals surface area contributed by atoms with E-state index in [0.29, 0.717) is 6.04 Å². The topological polar surface area (TPSA) is 26.8 Å². The van der Waals surface area contributed by atoms with E-state index in [1.165, 1.54) is 13.1 Å². The second-order valence-electron chi connectivity index (χ2n) is 4.35. The van der Waals surface area contributed by atoms with Gasteiger partial charge in [0.05, 0.1) is 4.55 Å². The van der Waals surface area contributed by atoms with Gasteiger partial charge < -0.3 is 4.90 Å². The number of rotatable bonds is 1. The first-order chi connectivity index (χ1) is 7.20. The van der Waals surface area contributed by atoms with E-state index < -0.39 is 0 Å². The molecule has 2 aliphatic heterocycles. The van der Waals surface area contributed by atoms with E-state index >= 15 is 0 Å². The average molecular weight is 323 g/mol. The Bertz CT molecular complexity index is 249. The number of piperazine rings is 2. The van der Waals surface area contributed by atoms with Crippen molar-refractivity contribution < 1.29 is 4.79 Å². The van der Waals surface area contributed by atoms with Crippen LogP contribution in [0.2, 0.25) is 0 Å². The lowest BCUT2D eigenvalue weighted by atomic mass is 10.1. The summed E-state index contributed by atoms with van der Waals surface area (Å²) in [4.78, 5) is 18.3. The van der Waals surface area contributed by atoms with Gasteiger partial charge in [-0.15, -0.1) is 0 Å². The summed E-state index contributed by atoms with van der Waals surface area (Å²) >= 11 is 2.42. The Morgan fingerprint density at radius 2 is 2.00 bits per heavy atom. The van der Waals surface area contributed by atoms with E-state index in [4.69, 9.17) is 0 Å². The number of amides is 1. The molecule has 0 aromatic rings. The van der Waals surface area contributed by atoms with Gasteiger partial charge in [-0.05, 0) is 0 Å². The van der Waals surface area contributed by atoms with Crippen LogP contribution in [-0.4, -0.2) is 70.5 Å².